The molecule has 2 aromatic carbocycles. The van der Waals surface area contributed by atoms with Crippen molar-refractivity contribution in [2.75, 3.05) is 24.4 Å². The molecule has 0 amide bonds. The van der Waals surface area contributed by atoms with Gasteiger partial charge >= 0.3 is 5.97 Å². The Morgan fingerprint density at radius 3 is 2.53 bits per heavy atom. The lowest BCUT2D eigenvalue weighted by Gasteiger charge is -2.18. The van der Waals surface area contributed by atoms with Crippen LogP contribution in [-0.2, 0) is 15.5 Å². The zero-order chi connectivity index (χ0) is 22.7. The van der Waals surface area contributed by atoms with E-state index in [0.717, 1.165) is 22.4 Å². The molecule has 2 heterocycles. The van der Waals surface area contributed by atoms with E-state index in [0.29, 0.717) is 12.4 Å². The van der Waals surface area contributed by atoms with Crippen molar-refractivity contribution in [3.05, 3.63) is 83.0 Å². The smallest absolute Gasteiger partial charge is 0.343 e. The largest absolute Gasteiger partial charge is 0.462 e. The summed E-state index contributed by atoms with van der Waals surface area (Å²) in [5, 5.41) is 6.71. The van der Waals surface area contributed by atoms with Crippen molar-refractivity contribution in [3.63, 3.8) is 0 Å². The first kappa shape index (κ1) is 21.8. The van der Waals surface area contributed by atoms with Crippen molar-refractivity contribution in [1.82, 2.24) is 9.97 Å². The summed E-state index contributed by atoms with van der Waals surface area (Å²) in [4.78, 5) is 21.1. The van der Waals surface area contributed by atoms with E-state index in [1.165, 1.54) is 12.5 Å². The average molecular weight is 449 g/mol. The summed E-state index contributed by atoms with van der Waals surface area (Å²) in [5.74, 6) is -0.266. The summed E-state index contributed by atoms with van der Waals surface area (Å²) in [7, 11) is -1.41. The Morgan fingerprint density at radius 1 is 1.16 bits per heavy atom. The predicted octanol–water partition coefficient (Wildman–Crippen LogP) is 3.71. The Morgan fingerprint density at radius 2 is 1.88 bits per heavy atom. The Labute approximate surface area is 189 Å². The van der Waals surface area contributed by atoms with Crippen molar-refractivity contribution in [1.29, 1.82) is 0 Å². The molecule has 7 nitrogen and oxygen atoms in total. The van der Waals surface area contributed by atoms with Gasteiger partial charge in [0.05, 0.1) is 29.7 Å². The number of esters is 1. The first-order valence-electron chi connectivity index (χ1n) is 10.3. The van der Waals surface area contributed by atoms with E-state index in [1.54, 1.807) is 11.9 Å². The molecule has 2 atom stereocenters. The third-order valence-corrected chi connectivity index (χ3v) is 5.92. The van der Waals surface area contributed by atoms with E-state index >= 15 is 0 Å². The second-order valence-corrected chi connectivity index (χ2v) is 8.73. The van der Waals surface area contributed by atoms with Gasteiger partial charge in [0, 0.05) is 18.4 Å². The molecular weight excluding hydrogens is 424 g/mol. The monoisotopic (exact) mass is 448 g/mol. The molecule has 0 saturated heterocycles. The highest BCUT2D eigenvalue weighted by molar-refractivity contribution is 7.84. The van der Waals surface area contributed by atoms with Crippen LogP contribution < -0.4 is 5.01 Å². The molecule has 4 rings (SSSR count). The fourth-order valence-electron chi connectivity index (χ4n) is 3.61. The highest BCUT2D eigenvalue weighted by Gasteiger charge is 2.33. The van der Waals surface area contributed by atoms with Crippen LogP contribution in [0.4, 0.5) is 5.82 Å². The number of carbonyl (C=O) groups is 1. The van der Waals surface area contributed by atoms with Crippen LogP contribution in [0.1, 0.15) is 39.9 Å². The van der Waals surface area contributed by atoms with Crippen molar-refractivity contribution in [2.24, 2.45) is 5.10 Å². The van der Waals surface area contributed by atoms with Gasteiger partial charge in [-0.15, -0.1) is 0 Å². The highest BCUT2D eigenvalue weighted by atomic mass is 32.2. The van der Waals surface area contributed by atoms with Crippen molar-refractivity contribution in [3.8, 4) is 0 Å². The molecule has 164 valence electrons. The van der Waals surface area contributed by atoms with Crippen LogP contribution in [0.3, 0.4) is 0 Å². The van der Waals surface area contributed by atoms with Crippen LogP contribution in [0, 0.1) is 6.92 Å². The Bertz CT molecular complexity index is 1180. The molecule has 0 bridgehead atoms. The Hall–Kier alpha value is -3.39. The molecule has 0 radical (unpaired) electrons. The molecule has 3 aromatic rings. The molecule has 0 saturated carbocycles. The topological polar surface area (TPSA) is 84.8 Å². The van der Waals surface area contributed by atoms with Gasteiger partial charge in [-0.05, 0) is 25.0 Å². The maximum absolute atomic E-state index is 12.6. The minimum absolute atomic E-state index is 0.0282. The number of carbonyl (C=O) groups excluding carboxylic acids is 1. The summed E-state index contributed by atoms with van der Waals surface area (Å²) >= 11 is 0. The second-order valence-electron chi connectivity index (χ2n) is 7.46. The van der Waals surface area contributed by atoms with Crippen LogP contribution in [0.25, 0.3) is 0 Å². The Balaban J connectivity index is 1.83. The van der Waals surface area contributed by atoms with E-state index in [1.807, 2.05) is 37.3 Å². The number of anilines is 1. The molecule has 1 aromatic heterocycles. The number of hydrogen-bond donors (Lipinski definition) is 0. The third-order valence-electron chi connectivity index (χ3n) is 5.21. The van der Waals surface area contributed by atoms with Gasteiger partial charge in [-0.1, -0.05) is 60.2 Å². The fraction of sp³-hybridized carbons (Fsp3) is 0.250. The zero-order valence-electron chi connectivity index (χ0n) is 18.2. The lowest BCUT2D eigenvalue weighted by molar-refractivity contribution is 0.0526. The number of rotatable bonds is 6. The van der Waals surface area contributed by atoms with Crippen molar-refractivity contribution in [2.45, 2.75) is 24.9 Å². The van der Waals surface area contributed by atoms with E-state index in [2.05, 4.69) is 34.2 Å². The van der Waals surface area contributed by atoms with Gasteiger partial charge in [-0.2, -0.15) is 5.10 Å². The number of hydrogen-bond acceptors (Lipinski definition) is 7. The molecular formula is C24H24N4O3S. The number of hydrazone groups is 1. The maximum Gasteiger partial charge on any atom is 0.343 e. The van der Waals surface area contributed by atoms with E-state index in [-0.39, 0.29) is 23.2 Å². The summed E-state index contributed by atoms with van der Waals surface area (Å²) < 4.78 is 17.2. The summed E-state index contributed by atoms with van der Waals surface area (Å²) in [6.07, 6.45) is 2.87. The minimum atomic E-state index is -1.41. The van der Waals surface area contributed by atoms with Gasteiger partial charge in [0.2, 0.25) is 5.16 Å². The fourth-order valence-corrected chi connectivity index (χ4v) is 4.03. The standard InChI is InChI=1S/C24H24N4O3S/c1-4-31-23(29)19-14-25-24(32(3)30)26-22(19)28-15-20(17-8-6-5-7-9-17)21(27-28)18-12-10-16(2)11-13-18/h5-14,20H,4,15H2,1-3H3. The lowest BCUT2D eigenvalue weighted by Crippen LogP contribution is -2.23. The summed E-state index contributed by atoms with van der Waals surface area (Å²) in [6, 6.07) is 18.3. The average Bonchev–Trinajstić information content (AvgIpc) is 3.25. The first-order chi connectivity index (χ1) is 15.5. The van der Waals surface area contributed by atoms with Crippen LogP contribution in [0.2, 0.25) is 0 Å². The molecule has 0 fully saturated rings. The van der Waals surface area contributed by atoms with Crippen LogP contribution >= 0.6 is 0 Å². The number of aromatic nitrogens is 2. The number of benzene rings is 2. The van der Waals surface area contributed by atoms with Gasteiger partial charge in [0.15, 0.2) is 5.82 Å². The minimum Gasteiger partial charge on any atom is -0.462 e. The molecule has 0 N–H and O–H groups in total. The molecule has 1 aliphatic heterocycles. The van der Waals surface area contributed by atoms with Gasteiger partial charge in [0.25, 0.3) is 0 Å². The van der Waals surface area contributed by atoms with Crippen molar-refractivity contribution < 1.29 is 13.7 Å². The molecule has 0 aliphatic carbocycles. The van der Waals surface area contributed by atoms with Gasteiger partial charge in [-0.3, -0.25) is 4.21 Å². The van der Waals surface area contributed by atoms with Crippen LogP contribution in [0.5, 0.6) is 0 Å². The molecule has 8 heteroatoms. The quantitative estimate of drug-likeness (QED) is 0.422. The molecule has 1 aliphatic rings. The highest BCUT2D eigenvalue weighted by Crippen LogP contribution is 2.33. The Kier molecular flexibility index (Phi) is 6.41. The van der Waals surface area contributed by atoms with E-state index in [9.17, 15) is 9.00 Å². The number of ether oxygens (including phenoxy) is 1. The van der Waals surface area contributed by atoms with Crippen molar-refractivity contribution >= 4 is 28.3 Å². The predicted molar refractivity (Wildman–Crippen MR) is 125 cm³/mol. The summed E-state index contributed by atoms with van der Waals surface area (Å²) in [6.45, 7) is 4.49. The molecule has 32 heavy (non-hydrogen) atoms. The number of nitrogens with zero attached hydrogens (tertiary/aromatic N) is 4. The third kappa shape index (κ3) is 4.45. The lowest BCUT2D eigenvalue weighted by atomic mass is 9.90. The van der Waals surface area contributed by atoms with E-state index in [4.69, 9.17) is 9.84 Å². The van der Waals surface area contributed by atoms with Gasteiger partial charge in [-0.25, -0.2) is 19.8 Å². The SMILES string of the molecule is CCOC(=O)c1cnc(S(C)=O)nc1N1CC(c2ccccc2)C(c2ccc(C)cc2)=N1. The maximum atomic E-state index is 12.6. The van der Waals surface area contributed by atoms with Crippen LogP contribution in [-0.4, -0.2) is 45.3 Å². The molecule has 0 spiro atoms. The normalized spacial score (nSPS) is 16.5. The molecule has 2 unspecified atom stereocenters. The van der Waals surface area contributed by atoms with Gasteiger partial charge < -0.3 is 4.74 Å². The van der Waals surface area contributed by atoms with E-state index < -0.39 is 16.8 Å². The number of aryl methyl sites for hydroxylation is 1. The van der Waals surface area contributed by atoms with Gasteiger partial charge in [0.1, 0.15) is 5.56 Å². The first-order valence-corrected chi connectivity index (χ1v) is 11.9. The second kappa shape index (κ2) is 9.40. The summed E-state index contributed by atoms with van der Waals surface area (Å²) in [5.41, 5.74) is 4.35. The van der Waals surface area contributed by atoms with Crippen LogP contribution in [0.15, 0.2) is 71.1 Å². The zero-order valence-corrected chi connectivity index (χ0v) is 19.0.